The third-order valence-electron chi connectivity index (χ3n) is 3.82. The Kier molecular flexibility index (Phi) is 4.51. The van der Waals surface area contributed by atoms with Crippen molar-refractivity contribution in [3.63, 3.8) is 0 Å². The lowest BCUT2D eigenvalue weighted by atomic mass is 10.3. The molecule has 0 spiro atoms. The normalized spacial score (nSPS) is 11.1. The van der Waals surface area contributed by atoms with Gasteiger partial charge in [-0.1, -0.05) is 23.2 Å². The largest absolute Gasteiger partial charge is 0.480 e. The molecule has 0 aliphatic rings. The number of rotatable bonds is 4. The van der Waals surface area contributed by atoms with Crippen molar-refractivity contribution in [1.29, 1.82) is 0 Å². The molecule has 0 aliphatic heterocycles. The molecule has 0 saturated heterocycles. The predicted octanol–water partition coefficient (Wildman–Crippen LogP) is 1.57. The highest BCUT2D eigenvalue weighted by atomic mass is 35.5. The van der Waals surface area contributed by atoms with E-state index in [9.17, 15) is 19.5 Å². The van der Waals surface area contributed by atoms with Crippen LogP contribution in [0.25, 0.3) is 11.2 Å². The van der Waals surface area contributed by atoms with Gasteiger partial charge in [-0.25, -0.2) is 4.79 Å². The zero-order valence-corrected chi connectivity index (χ0v) is 15.2. The molecule has 0 unspecified atom stereocenters. The Hall–Kier alpha value is -2.78. The summed E-state index contributed by atoms with van der Waals surface area (Å²) in [5.74, 6) is -1.13. The lowest BCUT2D eigenvalue weighted by Crippen LogP contribution is -2.37. The SMILES string of the molecule is Cn1c(=O)c2c(nc(Nc3cc(Cl)ccc3Cl)n2CC(=O)O)n(C)c1=O. The van der Waals surface area contributed by atoms with Gasteiger partial charge in [0.2, 0.25) is 5.95 Å². The van der Waals surface area contributed by atoms with Gasteiger partial charge < -0.3 is 10.4 Å². The second kappa shape index (κ2) is 6.50. The molecule has 3 aromatic rings. The number of benzene rings is 1. The van der Waals surface area contributed by atoms with E-state index in [4.69, 9.17) is 23.2 Å². The van der Waals surface area contributed by atoms with Crippen LogP contribution in [0.15, 0.2) is 27.8 Å². The van der Waals surface area contributed by atoms with Gasteiger partial charge in [-0.15, -0.1) is 0 Å². The molecule has 26 heavy (non-hydrogen) atoms. The highest BCUT2D eigenvalue weighted by Crippen LogP contribution is 2.29. The van der Waals surface area contributed by atoms with Gasteiger partial charge in [0.1, 0.15) is 6.54 Å². The zero-order chi connectivity index (χ0) is 19.2. The number of carboxylic acids is 1. The lowest BCUT2D eigenvalue weighted by molar-refractivity contribution is -0.137. The molecule has 11 heteroatoms. The maximum absolute atomic E-state index is 12.5. The molecule has 2 aromatic heterocycles. The molecule has 3 rings (SSSR count). The maximum Gasteiger partial charge on any atom is 0.332 e. The Labute approximate surface area is 156 Å². The molecule has 0 atom stereocenters. The van der Waals surface area contributed by atoms with E-state index in [1.807, 2.05) is 0 Å². The number of hydrogen-bond donors (Lipinski definition) is 2. The second-order valence-corrected chi connectivity index (χ2v) is 6.39. The van der Waals surface area contributed by atoms with E-state index in [2.05, 4.69) is 10.3 Å². The molecule has 0 amide bonds. The van der Waals surface area contributed by atoms with Gasteiger partial charge in [-0.3, -0.25) is 23.3 Å². The van der Waals surface area contributed by atoms with Crippen LogP contribution in [-0.4, -0.2) is 29.8 Å². The summed E-state index contributed by atoms with van der Waals surface area (Å²) >= 11 is 12.1. The smallest absolute Gasteiger partial charge is 0.332 e. The molecule has 1 aromatic carbocycles. The number of anilines is 2. The van der Waals surface area contributed by atoms with Crippen LogP contribution in [0.5, 0.6) is 0 Å². The minimum Gasteiger partial charge on any atom is -0.480 e. The van der Waals surface area contributed by atoms with Crippen molar-refractivity contribution in [2.45, 2.75) is 6.54 Å². The van der Waals surface area contributed by atoms with Gasteiger partial charge in [0.05, 0.1) is 10.7 Å². The minimum absolute atomic E-state index is 0.0161. The van der Waals surface area contributed by atoms with Gasteiger partial charge in [-0.05, 0) is 18.2 Å². The average molecular weight is 398 g/mol. The van der Waals surface area contributed by atoms with E-state index in [-0.39, 0.29) is 17.1 Å². The van der Waals surface area contributed by atoms with Crippen LogP contribution in [0.3, 0.4) is 0 Å². The van der Waals surface area contributed by atoms with E-state index >= 15 is 0 Å². The summed E-state index contributed by atoms with van der Waals surface area (Å²) in [5.41, 5.74) is -0.808. The number of aliphatic carboxylic acids is 1. The first-order chi connectivity index (χ1) is 12.2. The molecule has 0 fully saturated rings. The summed E-state index contributed by atoms with van der Waals surface area (Å²) in [6, 6.07) is 4.69. The summed E-state index contributed by atoms with van der Waals surface area (Å²) in [7, 11) is 2.75. The lowest BCUT2D eigenvalue weighted by Gasteiger charge is -2.10. The Morgan fingerprint density at radius 3 is 2.58 bits per heavy atom. The Bertz CT molecular complexity index is 1160. The van der Waals surface area contributed by atoms with E-state index in [0.29, 0.717) is 15.7 Å². The number of nitrogens with one attached hydrogen (secondary N) is 1. The van der Waals surface area contributed by atoms with Crippen molar-refractivity contribution < 1.29 is 9.90 Å². The van der Waals surface area contributed by atoms with Crippen molar-refractivity contribution in [1.82, 2.24) is 18.7 Å². The van der Waals surface area contributed by atoms with Gasteiger partial charge in [0.25, 0.3) is 5.56 Å². The summed E-state index contributed by atoms with van der Waals surface area (Å²) in [6.45, 7) is -0.537. The highest BCUT2D eigenvalue weighted by Gasteiger charge is 2.21. The number of hydrogen-bond acceptors (Lipinski definition) is 5. The third kappa shape index (κ3) is 2.95. The maximum atomic E-state index is 12.5. The van der Waals surface area contributed by atoms with Crippen LogP contribution in [0.1, 0.15) is 0 Å². The molecule has 0 aliphatic carbocycles. The van der Waals surface area contributed by atoms with Crippen LogP contribution in [-0.2, 0) is 25.4 Å². The summed E-state index contributed by atoms with van der Waals surface area (Å²) in [4.78, 5) is 40.1. The van der Waals surface area contributed by atoms with Crippen molar-refractivity contribution in [3.05, 3.63) is 49.1 Å². The number of fused-ring (bicyclic) bond motifs is 1. The Morgan fingerprint density at radius 1 is 1.23 bits per heavy atom. The number of nitrogens with zero attached hydrogens (tertiary/aromatic N) is 4. The van der Waals surface area contributed by atoms with Crippen LogP contribution in [0.2, 0.25) is 10.0 Å². The number of imidazole rings is 1. The van der Waals surface area contributed by atoms with Crippen molar-refractivity contribution >= 4 is 52.0 Å². The van der Waals surface area contributed by atoms with Crippen molar-refractivity contribution in [2.24, 2.45) is 14.1 Å². The second-order valence-electron chi connectivity index (χ2n) is 5.54. The molecule has 2 N–H and O–H groups in total. The molecule has 2 heterocycles. The van der Waals surface area contributed by atoms with E-state index < -0.39 is 23.8 Å². The quantitative estimate of drug-likeness (QED) is 0.690. The molecule has 9 nitrogen and oxygen atoms in total. The summed E-state index contributed by atoms with van der Waals surface area (Å²) in [5, 5.41) is 12.8. The number of aromatic nitrogens is 4. The number of aryl methyl sites for hydroxylation is 1. The number of carboxylic acid groups (broad SMARTS) is 1. The fraction of sp³-hybridized carbons (Fsp3) is 0.200. The van der Waals surface area contributed by atoms with Crippen molar-refractivity contribution in [2.75, 3.05) is 5.32 Å². The fourth-order valence-corrected chi connectivity index (χ4v) is 2.88. The van der Waals surface area contributed by atoms with Gasteiger partial charge in [0.15, 0.2) is 11.2 Å². The molecular weight excluding hydrogens is 385 g/mol. The minimum atomic E-state index is -1.18. The van der Waals surface area contributed by atoms with E-state index in [1.54, 1.807) is 12.1 Å². The number of carbonyl (C=O) groups is 1. The van der Waals surface area contributed by atoms with Gasteiger partial charge in [-0.2, -0.15) is 4.98 Å². The Morgan fingerprint density at radius 2 is 1.92 bits per heavy atom. The topological polar surface area (TPSA) is 111 Å². The zero-order valence-electron chi connectivity index (χ0n) is 13.7. The van der Waals surface area contributed by atoms with Crippen LogP contribution >= 0.6 is 23.2 Å². The standard InChI is InChI=1S/C15H13Cl2N5O4/c1-20-12-11(13(25)21(2)15(20)26)22(6-10(23)24)14(19-12)18-9-5-7(16)3-4-8(9)17/h3-5H,6H2,1-2H3,(H,18,19)(H,23,24). The molecule has 0 radical (unpaired) electrons. The molecule has 0 saturated carbocycles. The summed E-state index contributed by atoms with van der Waals surface area (Å²) < 4.78 is 3.23. The molecule has 136 valence electrons. The van der Waals surface area contributed by atoms with E-state index in [0.717, 1.165) is 4.57 Å². The van der Waals surface area contributed by atoms with Gasteiger partial charge in [0, 0.05) is 19.1 Å². The first kappa shape index (κ1) is 18.0. The Balaban J connectivity index is 2.31. The van der Waals surface area contributed by atoms with Gasteiger partial charge >= 0.3 is 11.7 Å². The first-order valence-electron chi connectivity index (χ1n) is 7.31. The average Bonchev–Trinajstić information content (AvgIpc) is 2.92. The van der Waals surface area contributed by atoms with Crippen LogP contribution in [0.4, 0.5) is 11.6 Å². The van der Waals surface area contributed by atoms with E-state index in [1.165, 1.54) is 29.3 Å². The fourth-order valence-electron chi connectivity index (χ4n) is 2.54. The molecule has 0 bridgehead atoms. The monoisotopic (exact) mass is 397 g/mol. The third-order valence-corrected chi connectivity index (χ3v) is 4.38. The molecular formula is C15H13Cl2N5O4. The van der Waals surface area contributed by atoms with Crippen LogP contribution in [0, 0.1) is 0 Å². The highest BCUT2D eigenvalue weighted by molar-refractivity contribution is 6.35. The predicted molar refractivity (Wildman–Crippen MR) is 97.6 cm³/mol. The summed E-state index contributed by atoms with van der Waals surface area (Å²) in [6.07, 6.45) is 0. The van der Waals surface area contributed by atoms with Crippen molar-refractivity contribution in [3.8, 4) is 0 Å². The van der Waals surface area contributed by atoms with Crippen LogP contribution < -0.4 is 16.6 Å². The number of halogens is 2. The first-order valence-corrected chi connectivity index (χ1v) is 8.06.